The fourth-order valence-electron chi connectivity index (χ4n) is 2.15. The van der Waals surface area contributed by atoms with Crippen LogP contribution >= 0.6 is 0 Å². The number of hydrogen-bond acceptors (Lipinski definition) is 5. The van der Waals surface area contributed by atoms with E-state index in [9.17, 15) is 27.6 Å². The van der Waals surface area contributed by atoms with Gasteiger partial charge in [0.05, 0.1) is 5.56 Å². The number of rotatable bonds is 3. The molecule has 2 amide bonds. The Hall–Kier alpha value is -3.04. The Balaban J connectivity index is 2.13. The van der Waals surface area contributed by atoms with Crippen LogP contribution in [0.3, 0.4) is 0 Å². The number of ether oxygens (including phenoxy) is 1. The van der Waals surface area contributed by atoms with Gasteiger partial charge in [0.1, 0.15) is 17.7 Å². The average Bonchev–Trinajstić information content (AvgIpc) is 2.49. The second-order valence-corrected chi connectivity index (χ2v) is 6.59. The molecule has 1 aromatic heterocycles. The lowest BCUT2D eigenvalue weighted by Gasteiger charge is -2.19. The number of nitrogens with one attached hydrogen (secondary N) is 2. The van der Waals surface area contributed by atoms with Gasteiger partial charge in [0.25, 0.3) is 0 Å². The lowest BCUT2D eigenvalue weighted by Crippen LogP contribution is -2.37. The summed E-state index contributed by atoms with van der Waals surface area (Å²) in [6.07, 6.45) is -5.52. The Kier molecular flexibility index (Phi) is 5.48. The number of amides is 2. The van der Waals surface area contributed by atoms with Crippen molar-refractivity contribution in [2.75, 3.05) is 11.9 Å². The molecule has 27 heavy (non-hydrogen) atoms. The van der Waals surface area contributed by atoms with Gasteiger partial charge in [-0.3, -0.25) is 4.79 Å². The molecule has 0 bridgehead atoms. The molecule has 1 aromatic carbocycles. The van der Waals surface area contributed by atoms with Crippen molar-refractivity contribution in [3.8, 4) is 0 Å². The lowest BCUT2D eigenvalue weighted by molar-refractivity contribution is -0.136. The van der Waals surface area contributed by atoms with Gasteiger partial charge in [-0.1, -0.05) is 0 Å². The molecular formula is C17H17F3N2O5. The van der Waals surface area contributed by atoms with E-state index in [2.05, 4.69) is 10.6 Å². The van der Waals surface area contributed by atoms with E-state index in [-0.39, 0.29) is 16.7 Å². The van der Waals surface area contributed by atoms with E-state index in [0.717, 1.165) is 12.1 Å². The highest BCUT2D eigenvalue weighted by molar-refractivity contribution is 5.96. The quantitative estimate of drug-likeness (QED) is 0.789. The maximum atomic E-state index is 13.0. The molecule has 2 rings (SSSR count). The second kappa shape index (κ2) is 7.29. The highest BCUT2D eigenvalue weighted by atomic mass is 19.4. The summed E-state index contributed by atoms with van der Waals surface area (Å²) in [4.78, 5) is 34.7. The number of carbonyl (C=O) groups is 2. The predicted molar refractivity (Wildman–Crippen MR) is 90.4 cm³/mol. The smallest absolute Gasteiger partial charge is 0.417 e. The average molecular weight is 386 g/mol. The van der Waals surface area contributed by atoms with Crippen LogP contribution in [0.1, 0.15) is 26.3 Å². The minimum atomic E-state index is -4.73. The van der Waals surface area contributed by atoms with Crippen molar-refractivity contribution < 1.29 is 31.9 Å². The first-order valence-electron chi connectivity index (χ1n) is 7.77. The minimum absolute atomic E-state index is 0.0981. The van der Waals surface area contributed by atoms with Gasteiger partial charge in [-0.2, -0.15) is 13.2 Å². The molecule has 0 atom stereocenters. The van der Waals surface area contributed by atoms with Crippen LogP contribution in [0.2, 0.25) is 0 Å². The molecule has 7 nitrogen and oxygen atoms in total. The van der Waals surface area contributed by atoms with Crippen LogP contribution in [0.25, 0.3) is 11.0 Å². The molecular weight excluding hydrogens is 369 g/mol. The summed E-state index contributed by atoms with van der Waals surface area (Å²) in [5.41, 5.74) is -3.25. The van der Waals surface area contributed by atoms with Gasteiger partial charge < -0.3 is 19.8 Å². The van der Waals surface area contributed by atoms with Gasteiger partial charge in [-0.25, -0.2) is 9.59 Å². The SMILES string of the molecule is CC(C)(C)OC(=O)NCC(=O)Nc1ccc2c(C(F)(F)F)cc(=O)oc2c1. The molecule has 0 fully saturated rings. The molecule has 0 radical (unpaired) electrons. The molecule has 0 saturated heterocycles. The Morgan fingerprint density at radius 2 is 1.81 bits per heavy atom. The summed E-state index contributed by atoms with van der Waals surface area (Å²) in [6, 6.07) is 3.77. The van der Waals surface area contributed by atoms with Crippen molar-refractivity contribution in [1.82, 2.24) is 5.32 Å². The van der Waals surface area contributed by atoms with E-state index in [4.69, 9.17) is 9.15 Å². The van der Waals surface area contributed by atoms with Crippen molar-refractivity contribution >= 4 is 28.7 Å². The van der Waals surface area contributed by atoms with Crippen molar-refractivity contribution in [1.29, 1.82) is 0 Å². The molecule has 10 heteroatoms. The molecule has 2 N–H and O–H groups in total. The standard InChI is InChI=1S/C17H17F3N2O5/c1-16(2,3)27-15(25)21-8-13(23)22-9-4-5-10-11(17(18,19)20)7-14(24)26-12(10)6-9/h4-7H,8H2,1-3H3,(H,21,25)(H,22,23). The van der Waals surface area contributed by atoms with Crippen LogP contribution in [0, 0.1) is 0 Å². The maximum absolute atomic E-state index is 13.0. The number of alkyl halides is 3. The van der Waals surface area contributed by atoms with Gasteiger partial charge in [-0.15, -0.1) is 0 Å². The molecule has 0 aliphatic rings. The van der Waals surface area contributed by atoms with Crippen LogP contribution < -0.4 is 16.3 Å². The lowest BCUT2D eigenvalue weighted by atomic mass is 10.1. The molecule has 0 saturated carbocycles. The number of alkyl carbamates (subject to hydrolysis) is 1. The van der Waals surface area contributed by atoms with Crippen LogP contribution in [0.15, 0.2) is 33.5 Å². The van der Waals surface area contributed by atoms with Crippen molar-refractivity contribution in [2.45, 2.75) is 32.5 Å². The normalized spacial score (nSPS) is 11.9. The van der Waals surface area contributed by atoms with Gasteiger partial charge in [0, 0.05) is 23.2 Å². The molecule has 0 unspecified atom stereocenters. The third-order valence-corrected chi connectivity index (χ3v) is 3.13. The van der Waals surface area contributed by atoms with Crippen molar-refractivity contribution in [2.24, 2.45) is 0 Å². The summed E-state index contributed by atoms with van der Waals surface area (Å²) in [5, 5.41) is 4.30. The molecule has 1 heterocycles. The third-order valence-electron chi connectivity index (χ3n) is 3.13. The Labute approximate surface area is 151 Å². The molecule has 0 aliphatic heterocycles. The van der Waals surface area contributed by atoms with E-state index in [1.54, 1.807) is 20.8 Å². The Morgan fingerprint density at radius 3 is 2.41 bits per heavy atom. The first-order valence-corrected chi connectivity index (χ1v) is 7.77. The zero-order valence-corrected chi connectivity index (χ0v) is 14.7. The second-order valence-electron chi connectivity index (χ2n) is 6.59. The minimum Gasteiger partial charge on any atom is -0.444 e. The maximum Gasteiger partial charge on any atom is 0.417 e. The number of hydrogen-bond donors (Lipinski definition) is 2. The molecule has 2 aromatic rings. The number of carbonyl (C=O) groups excluding carboxylic acids is 2. The first-order chi connectivity index (χ1) is 12.3. The fraction of sp³-hybridized carbons (Fsp3) is 0.353. The van der Waals surface area contributed by atoms with Crippen LogP contribution in [0.5, 0.6) is 0 Å². The Bertz CT molecular complexity index is 929. The van der Waals surface area contributed by atoms with E-state index in [0.29, 0.717) is 6.07 Å². The fourth-order valence-corrected chi connectivity index (χ4v) is 2.15. The summed E-state index contributed by atoms with van der Waals surface area (Å²) in [6.45, 7) is 4.56. The van der Waals surface area contributed by atoms with Crippen LogP contribution in [-0.4, -0.2) is 24.1 Å². The van der Waals surface area contributed by atoms with E-state index in [1.165, 1.54) is 6.07 Å². The topological polar surface area (TPSA) is 97.6 Å². The summed E-state index contributed by atoms with van der Waals surface area (Å²) < 4.78 is 48.7. The first kappa shape index (κ1) is 20.3. The largest absolute Gasteiger partial charge is 0.444 e. The Morgan fingerprint density at radius 1 is 1.15 bits per heavy atom. The third kappa shape index (κ3) is 5.73. The highest BCUT2D eigenvalue weighted by Gasteiger charge is 2.33. The van der Waals surface area contributed by atoms with Crippen LogP contribution in [-0.2, 0) is 15.7 Å². The monoisotopic (exact) mass is 386 g/mol. The number of fused-ring (bicyclic) bond motifs is 1. The number of anilines is 1. The highest BCUT2D eigenvalue weighted by Crippen LogP contribution is 2.34. The van der Waals surface area contributed by atoms with Gasteiger partial charge in [0.2, 0.25) is 5.91 Å². The van der Waals surface area contributed by atoms with Gasteiger partial charge in [0.15, 0.2) is 0 Å². The van der Waals surface area contributed by atoms with Crippen molar-refractivity contribution in [3.63, 3.8) is 0 Å². The molecule has 0 aliphatic carbocycles. The number of halogens is 3. The van der Waals surface area contributed by atoms with Gasteiger partial charge >= 0.3 is 17.9 Å². The zero-order chi connectivity index (χ0) is 20.4. The van der Waals surface area contributed by atoms with Gasteiger partial charge in [-0.05, 0) is 32.9 Å². The van der Waals surface area contributed by atoms with E-state index in [1.807, 2.05) is 0 Å². The van der Waals surface area contributed by atoms with Crippen LogP contribution in [0.4, 0.5) is 23.7 Å². The van der Waals surface area contributed by atoms with E-state index < -0.39 is 41.5 Å². The molecule has 0 spiro atoms. The summed E-state index contributed by atoms with van der Waals surface area (Å²) in [7, 11) is 0. The van der Waals surface area contributed by atoms with E-state index >= 15 is 0 Å². The predicted octanol–water partition coefficient (Wildman–Crippen LogP) is 3.28. The number of benzene rings is 1. The zero-order valence-electron chi connectivity index (χ0n) is 14.7. The van der Waals surface area contributed by atoms with Crippen molar-refractivity contribution in [3.05, 3.63) is 40.2 Å². The molecule has 146 valence electrons. The summed E-state index contributed by atoms with van der Waals surface area (Å²) in [5.74, 6) is -0.644. The summed E-state index contributed by atoms with van der Waals surface area (Å²) >= 11 is 0.